The third kappa shape index (κ3) is 6.33. The van der Waals surface area contributed by atoms with E-state index in [1.54, 1.807) is 12.1 Å². The summed E-state index contributed by atoms with van der Waals surface area (Å²) >= 11 is 0. The van der Waals surface area contributed by atoms with Gasteiger partial charge in [-0.1, -0.05) is 23.7 Å². The van der Waals surface area contributed by atoms with E-state index < -0.39 is 11.9 Å². The smallest absolute Gasteiger partial charge is 0.303 e. The van der Waals surface area contributed by atoms with Crippen LogP contribution in [0.3, 0.4) is 0 Å². The SMILES string of the molecule is COc1cc(OC)c(C#CCOC(C)=O)cc1C#CCOC(C)=O. The van der Waals surface area contributed by atoms with Gasteiger partial charge < -0.3 is 18.9 Å². The van der Waals surface area contributed by atoms with Crippen LogP contribution < -0.4 is 9.47 Å². The fraction of sp³-hybridized carbons (Fsp3) is 0.333. The summed E-state index contributed by atoms with van der Waals surface area (Å²) in [6, 6.07) is 3.35. The van der Waals surface area contributed by atoms with Crippen LogP contribution in [-0.2, 0) is 19.1 Å². The van der Waals surface area contributed by atoms with Crippen molar-refractivity contribution < 1.29 is 28.5 Å². The summed E-state index contributed by atoms with van der Waals surface area (Å²) in [5.41, 5.74) is 1.14. The number of ether oxygens (including phenoxy) is 4. The van der Waals surface area contributed by atoms with E-state index >= 15 is 0 Å². The lowest BCUT2D eigenvalue weighted by Crippen LogP contribution is -1.99. The van der Waals surface area contributed by atoms with Gasteiger partial charge in [-0.15, -0.1) is 0 Å². The minimum absolute atomic E-state index is 0.0159. The van der Waals surface area contributed by atoms with Crippen molar-refractivity contribution in [3.05, 3.63) is 23.3 Å². The molecular formula is C18H18O6. The number of hydrogen-bond acceptors (Lipinski definition) is 6. The predicted octanol–water partition coefficient (Wildman–Crippen LogP) is 1.53. The predicted molar refractivity (Wildman–Crippen MR) is 86.6 cm³/mol. The molecule has 0 atom stereocenters. The van der Waals surface area contributed by atoms with Gasteiger partial charge >= 0.3 is 11.9 Å². The van der Waals surface area contributed by atoms with E-state index in [9.17, 15) is 9.59 Å². The number of methoxy groups -OCH3 is 2. The summed E-state index contributed by atoms with van der Waals surface area (Å²) in [5, 5.41) is 0. The first-order valence-corrected chi connectivity index (χ1v) is 6.98. The molecule has 6 heteroatoms. The second-order valence-corrected chi connectivity index (χ2v) is 4.42. The standard InChI is InChI=1S/C18H18O6/c1-13(19)23-9-5-7-15-11-16(8-6-10-24-14(2)20)18(22-4)12-17(15)21-3/h11-12H,9-10H2,1-4H3. The van der Waals surface area contributed by atoms with Crippen LogP contribution in [0.1, 0.15) is 25.0 Å². The summed E-state index contributed by atoms with van der Waals surface area (Å²) in [5.74, 6) is 11.4. The van der Waals surface area contributed by atoms with E-state index in [0.717, 1.165) is 0 Å². The van der Waals surface area contributed by atoms with Gasteiger partial charge in [0.2, 0.25) is 0 Å². The summed E-state index contributed by atoms with van der Waals surface area (Å²) in [6.07, 6.45) is 0. The number of rotatable bonds is 4. The summed E-state index contributed by atoms with van der Waals surface area (Å²) in [4.78, 5) is 21.5. The van der Waals surface area contributed by atoms with Crippen molar-refractivity contribution in [2.45, 2.75) is 13.8 Å². The molecule has 0 heterocycles. The van der Waals surface area contributed by atoms with Crippen LogP contribution in [-0.4, -0.2) is 39.4 Å². The molecule has 0 N–H and O–H groups in total. The molecule has 6 nitrogen and oxygen atoms in total. The summed E-state index contributed by atoms with van der Waals surface area (Å²) in [6.45, 7) is 2.59. The Bertz CT molecular complexity index is 668. The summed E-state index contributed by atoms with van der Waals surface area (Å²) < 4.78 is 20.1. The van der Waals surface area contributed by atoms with Crippen LogP contribution in [0.5, 0.6) is 11.5 Å². The van der Waals surface area contributed by atoms with Crippen molar-refractivity contribution in [3.8, 4) is 35.2 Å². The second-order valence-electron chi connectivity index (χ2n) is 4.42. The Morgan fingerprint density at radius 3 is 1.58 bits per heavy atom. The lowest BCUT2D eigenvalue weighted by molar-refractivity contribution is -0.140. The van der Waals surface area contributed by atoms with Gasteiger partial charge in [-0.05, 0) is 6.07 Å². The third-order valence-electron chi connectivity index (χ3n) is 2.66. The first-order valence-electron chi connectivity index (χ1n) is 6.98. The molecule has 0 aromatic heterocycles. The maximum absolute atomic E-state index is 10.7. The van der Waals surface area contributed by atoms with Gasteiger partial charge in [0.1, 0.15) is 11.5 Å². The first-order chi connectivity index (χ1) is 11.5. The monoisotopic (exact) mass is 330 g/mol. The van der Waals surface area contributed by atoms with Crippen molar-refractivity contribution in [3.63, 3.8) is 0 Å². The minimum atomic E-state index is -0.400. The highest BCUT2D eigenvalue weighted by Gasteiger charge is 2.08. The molecule has 0 amide bonds. The molecule has 0 saturated carbocycles. The minimum Gasteiger partial charge on any atom is -0.495 e. The molecule has 0 spiro atoms. The van der Waals surface area contributed by atoms with E-state index in [-0.39, 0.29) is 13.2 Å². The molecule has 24 heavy (non-hydrogen) atoms. The van der Waals surface area contributed by atoms with Gasteiger partial charge in [-0.25, -0.2) is 0 Å². The molecule has 0 saturated heterocycles. The fourth-order valence-electron chi connectivity index (χ4n) is 1.63. The molecule has 0 unspecified atom stereocenters. The number of esters is 2. The zero-order chi connectivity index (χ0) is 17.9. The highest BCUT2D eigenvalue weighted by molar-refractivity contribution is 5.66. The normalized spacial score (nSPS) is 8.83. The Morgan fingerprint density at radius 1 is 0.833 bits per heavy atom. The van der Waals surface area contributed by atoms with Crippen LogP contribution >= 0.6 is 0 Å². The Morgan fingerprint density at radius 2 is 1.25 bits per heavy atom. The number of carbonyl (C=O) groups is 2. The average molecular weight is 330 g/mol. The maximum atomic E-state index is 10.7. The van der Waals surface area contributed by atoms with Crippen LogP contribution in [0, 0.1) is 23.7 Å². The highest BCUT2D eigenvalue weighted by atomic mass is 16.5. The van der Waals surface area contributed by atoms with E-state index in [1.165, 1.54) is 28.1 Å². The second kappa shape index (κ2) is 9.81. The van der Waals surface area contributed by atoms with Gasteiger partial charge in [0.05, 0.1) is 25.3 Å². The van der Waals surface area contributed by atoms with E-state index in [2.05, 4.69) is 23.7 Å². The molecular weight excluding hydrogens is 312 g/mol. The van der Waals surface area contributed by atoms with Crippen molar-refractivity contribution >= 4 is 11.9 Å². The summed E-state index contributed by atoms with van der Waals surface area (Å²) in [7, 11) is 3.02. The van der Waals surface area contributed by atoms with E-state index in [1.807, 2.05) is 0 Å². The number of hydrogen-bond donors (Lipinski definition) is 0. The molecule has 0 aliphatic heterocycles. The Labute approximate surface area is 141 Å². The largest absolute Gasteiger partial charge is 0.495 e. The van der Waals surface area contributed by atoms with Crippen molar-refractivity contribution in [1.82, 2.24) is 0 Å². The van der Waals surface area contributed by atoms with E-state index in [0.29, 0.717) is 22.6 Å². The van der Waals surface area contributed by atoms with Gasteiger partial charge in [0.25, 0.3) is 0 Å². The van der Waals surface area contributed by atoms with Crippen LogP contribution in [0.25, 0.3) is 0 Å². The lowest BCUT2D eigenvalue weighted by Gasteiger charge is -2.09. The molecule has 1 aromatic rings. The fourth-order valence-corrected chi connectivity index (χ4v) is 1.63. The molecule has 0 radical (unpaired) electrons. The first kappa shape index (κ1) is 18.9. The quantitative estimate of drug-likeness (QED) is 0.616. The lowest BCUT2D eigenvalue weighted by atomic mass is 10.1. The molecule has 126 valence electrons. The molecule has 0 bridgehead atoms. The van der Waals surface area contributed by atoms with E-state index in [4.69, 9.17) is 18.9 Å². The number of carbonyl (C=O) groups excluding carboxylic acids is 2. The molecule has 1 rings (SSSR count). The van der Waals surface area contributed by atoms with Gasteiger partial charge in [-0.2, -0.15) is 0 Å². The average Bonchev–Trinajstić information content (AvgIpc) is 2.55. The topological polar surface area (TPSA) is 71.1 Å². The Hall–Kier alpha value is -3.12. The molecule has 0 aliphatic carbocycles. The third-order valence-corrected chi connectivity index (χ3v) is 2.66. The van der Waals surface area contributed by atoms with Gasteiger partial charge in [0.15, 0.2) is 13.2 Å². The Kier molecular flexibility index (Phi) is 7.73. The zero-order valence-electron chi connectivity index (χ0n) is 14.0. The molecule has 1 aromatic carbocycles. The maximum Gasteiger partial charge on any atom is 0.303 e. The molecule has 0 fully saturated rings. The van der Waals surface area contributed by atoms with Crippen molar-refractivity contribution in [1.29, 1.82) is 0 Å². The number of benzene rings is 1. The highest BCUT2D eigenvalue weighted by Crippen LogP contribution is 2.28. The Balaban J connectivity index is 3.07. The van der Waals surface area contributed by atoms with Crippen LogP contribution in [0.2, 0.25) is 0 Å². The molecule has 0 aliphatic rings. The van der Waals surface area contributed by atoms with Gasteiger partial charge in [-0.3, -0.25) is 9.59 Å². The van der Waals surface area contributed by atoms with Crippen molar-refractivity contribution in [2.24, 2.45) is 0 Å². The van der Waals surface area contributed by atoms with Crippen LogP contribution in [0.15, 0.2) is 12.1 Å². The van der Waals surface area contributed by atoms with Gasteiger partial charge in [0, 0.05) is 19.9 Å². The van der Waals surface area contributed by atoms with Crippen molar-refractivity contribution in [2.75, 3.05) is 27.4 Å². The van der Waals surface area contributed by atoms with Crippen LogP contribution in [0.4, 0.5) is 0 Å². The zero-order valence-corrected chi connectivity index (χ0v) is 14.0.